The number of carbonyl (C=O) groups excluding carboxylic acids is 1. The molecule has 2 aromatic carbocycles. The summed E-state index contributed by atoms with van der Waals surface area (Å²) in [6.45, 7) is 3.50. The van der Waals surface area contributed by atoms with Gasteiger partial charge in [-0.3, -0.25) is 4.79 Å². The fourth-order valence-corrected chi connectivity index (χ4v) is 3.05. The van der Waals surface area contributed by atoms with Crippen LogP contribution in [0.4, 0.5) is 5.69 Å². The van der Waals surface area contributed by atoms with Gasteiger partial charge in [0.05, 0.1) is 6.61 Å². The fraction of sp³-hybridized carbons (Fsp3) is 0.350. The van der Waals surface area contributed by atoms with Gasteiger partial charge in [-0.1, -0.05) is 35.9 Å². The predicted octanol–water partition coefficient (Wildman–Crippen LogP) is 4.13. The number of para-hydroxylation sites is 1. The second-order valence-electron chi connectivity index (χ2n) is 6.05. The maximum absolute atomic E-state index is 12.5. The van der Waals surface area contributed by atoms with Gasteiger partial charge in [-0.2, -0.15) is 0 Å². The molecule has 1 aliphatic rings. The molecule has 0 radical (unpaired) electrons. The number of rotatable bonds is 5. The van der Waals surface area contributed by atoms with Crippen LogP contribution in [0.25, 0.3) is 0 Å². The molecule has 1 amide bonds. The number of hydrogen-bond acceptors (Lipinski definition) is 2. The van der Waals surface area contributed by atoms with E-state index >= 15 is 0 Å². The lowest BCUT2D eigenvalue weighted by Crippen LogP contribution is -2.35. The van der Waals surface area contributed by atoms with Gasteiger partial charge in [-0.25, -0.2) is 0 Å². The highest BCUT2D eigenvalue weighted by molar-refractivity contribution is 5.94. The Bertz CT molecular complexity index is 667. The van der Waals surface area contributed by atoms with Crippen LogP contribution in [0.15, 0.2) is 48.5 Å². The highest BCUT2D eigenvalue weighted by Crippen LogP contribution is 2.28. The third-order valence-electron chi connectivity index (χ3n) is 4.20. The van der Waals surface area contributed by atoms with Crippen molar-refractivity contribution in [2.45, 2.75) is 32.6 Å². The number of aryl methyl sites for hydroxylation is 2. The van der Waals surface area contributed by atoms with Crippen molar-refractivity contribution in [3.05, 3.63) is 59.7 Å². The summed E-state index contributed by atoms with van der Waals surface area (Å²) < 4.78 is 5.66. The average molecular weight is 309 g/mol. The molecule has 0 bridgehead atoms. The Kier molecular flexibility index (Phi) is 4.96. The summed E-state index contributed by atoms with van der Waals surface area (Å²) in [5.74, 6) is 1.06. The van der Waals surface area contributed by atoms with Crippen molar-refractivity contribution in [3.63, 3.8) is 0 Å². The first-order valence-electron chi connectivity index (χ1n) is 8.32. The number of ether oxygens (including phenoxy) is 1. The smallest absolute Gasteiger partial charge is 0.227 e. The van der Waals surface area contributed by atoms with Crippen molar-refractivity contribution < 1.29 is 9.53 Å². The highest BCUT2D eigenvalue weighted by Gasteiger charge is 2.21. The van der Waals surface area contributed by atoms with E-state index in [9.17, 15) is 4.79 Å². The van der Waals surface area contributed by atoms with Gasteiger partial charge in [-0.05, 0) is 49.9 Å². The molecule has 0 aromatic heterocycles. The van der Waals surface area contributed by atoms with Crippen LogP contribution < -0.4 is 9.64 Å². The lowest BCUT2D eigenvalue weighted by Gasteiger charge is -2.30. The summed E-state index contributed by atoms with van der Waals surface area (Å²) in [4.78, 5) is 14.5. The van der Waals surface area contributed by atoms with Crippen LogP contribution in [0.3, 0.4) is 0 Å². The van der Waals surface area contributed by atoms with Crippen LogP contribution in [-0.2, 0) is 11.2 Å². The van der Waals surface area contributed by atoms with Gasteiger partial charge >= 0.3 is 0 Å². The van der Waals surface area contributed by atoms with E-state index in [2.05, 4.69) is 25.1 Å². The lowest BCUT2D eigenvalue weighted by atomic mass is 9.99. The largest absolute Gasteiger partial charge is 0.494 e. The Morgan fingerprint density at radius 3 is 2.83 bits per heavy atom. The Labute approximate surface area is 137 Å². The summed E-state index contributed by atoms with van der Waals surface area (Å²) in [7, 11) is 0. The second-order valence-corrected chi connectivity index (χ2v) is 6.05. The molecule has 0 unspecified atom stereocenters. The SMILES string of the molecule is Cc1ccc2c(c1)CCCN2C(=O)CCCOc1ccccc1. The fourth-order valence-electron chi connectivity index (χ4n) is 3.05. The molecular weight excluding hydrogens is 286 g/mol. The molecule has 0 N–H and O–H groups in total. The zero-order chi connectivity index (χ0) is 16.1. The van der Waals surface area contributed by atoms with E-state index in [0.717, 1.165) is 37.2 Å². The molecule has 3 heteroatoms. The Balaban J connectivity index is 1.53. The van der Waals surface area contributed by atoms with Crippen molar-refractivity contribution in [3.8, 4) is 5.75 Å². The number of fused-ring (bicyclic) bond motifs is 1. The summed E-state index contributed by atoms with van der Waals surface area (Å²) in [5.41, 5.74) is 3.65. The summed E-state index contributed by atoms with van der Waals surface area (Å²) in [5, 5.41) is 0. The molecule has 0 saturated carbocycles. The lowest BCUT2D eigenvalue weighted by molar-refractivity contribution is -0.118. The summed E-state index contributed by atoms with van der Waals surface area (Å²) in [6, 6.07) is 16.1. The first-order chi connectivity index (χ1) is 11.2. The van der Waals surface area contributed by atoms with E-state index in [4.69, 9.17) is 4.74 Å². The number of benzene rings is 2. The number of amides is 1. The van der Waals surface area contributed by atoms with E-state index in [0.29, 0.717) is 13.0 Å². The molecule has 3 nitrogen and oxygen atoms in total. The first kappa shape index (κ1) is 15.6. The molecule has 3 rings (SSSR count). The minimum Gasteiger partial charge on any atom is -0.494 e. The van der Waals surface area contributed by atoms with Crippen molar-refractivity contribution >= 4 is 11.6 Å². The van der Waals surface area contributed by atoms with Gasteiger partial charge in [0.15, 0.2) is 0 Å². The third-order valence-corrected chi connectivity index (χ3v) is 4.20. The molecule has 1 aliphatic heterocycles. The molecule has 0 spiro atoms. The molecule has 0 atom stereocenters. The minimum atomic E-state index is 0.200. The highest BCUT2D eigenvalue weighted by atomic mass is 16.5. The molecule has 0 fully saturated rings. The van der Waals surface area contributed by atoms with Crippen molar-refractivity contribution in [2.24, 2.45) is 0 Å². The number of hydrogen-bond donors (Lipinski definition) is 0. The molecule has 2 aromatic rings. The predicted molar refractivity (Wildman–Crippen MR) is 93.0 cm³/mol. The van der Waals surface area contributed by atoms with Gasteiger partial charge in [0.25, 0.3) is 0 Å². The Hall–Kier alpha value is -2.29. The zero-order valence-corrected chi connectivity index (χ0v) is 13.6. The molecule has 23 heavy (non-hydrogen) atoms. The summed E-state index contributed by atoms with van der Waals surface area (Å²) >= 11 is 0. The number of anilines is 1. The van der Waals surface area contributed by atoms with Crippen LogP contribution in [0.2, 0.25) is 0 Å². The van der Waals surface area contributed by atoms with Crippen LogP contribution >= 0.6 is 0 Å². The van der Waals surface area contributed by atoms with Crippen LogP contribution in [0.5, 0.6) is 5.75 Å². The first-order valence-corrected chi connectivity index (χ1v) is 8.32. The second kappa shape index (κ2) is 7.32. The maximum Gasteiger partial charge on any atom is 0.227 e. The van der Waals surface area contributed by atoms with Crippen molar-refractivity contribution in [1.82, 2.24) is 0 Å². The Morgan fingerprint density at radius 2 is 2.00 bits per heavy atom. The minimum absolute atomic E-state index is 0.200. The monoisotopic (exact) mass is 309 g/mol. The van der Waals surface area contributed by atoms with Gasteiger partial charge in [0.2, 0.25) is 5.91 Å². The third kappa shape index (κ3) is 3.92. The van der Waals surface area contributed by atoms with E-state index in [-0.39, 0.29) is 5.91 Å². The van der Waals surface area contributed by atoms with Crippen molar-refractivity contribution in [1.29, 1.82) is 0 Å². The normalized spacial score (nSPS) is 13.5. The van der Waals surface area contributed by atoms with Gasteiger partial charge in [0, 0.05) is 18.7 Å². The standard InChI is InChI=1S/C20H23NO2/c1-16-11-12-19-17(15-16)7-5-13-21(19)20(22)10-6-14-23-18-8-3-2-4-9-18/h2-4,8-9,11-12,15H,5-7,10,13-14H2,1H3. The molecule has 0 saturated heterocycles. The zero-order valence-electron chi connectivity index (χ0n) is 13.6. The van der Waals surface area contributed by atoms with Crippen LogP contribution in [0.1, 0.15) is 30.4 Å². The number of carbonyl (C=O) groups is 1. The van der Waals surface area contributed by atoms with Gasteiger partial charge in [0.1, 0.15) is 5.75 Å². The Morgan fingerprint density at radius 1 is 1.17 bits per heavy atom. The molecule has 120 valence electrons. The quantitative estimate of drug-likeness (QED) is 0.777. The molecular formula is C20H23NO2. The van der Waals surface area contributed by atoms with Crippen LogP contribution in [-0.4, -0.2) is 19.1 Å². The van der Waals surface area contributed by atoms with Gasteiger partial charge in [-0.15, -0.1) is 0 Å². The molecule has 1 heterocycles. The van der Waals surface area contributed by atoms with E-state index < -0.39 is 0 Å². The summed E-state index contributed by atoms with van der Waals surface area (Å²) in [6.07, 6.45) is 3.38. The van der Waals surface area contributed by atoms with E-state index in [1.165, 1.54) is 11.1 Å². The topological polar surface area (TPSA) is 29.5 Å². The maximum atomic E-state index is 12.5. The van der Waals surface area contributed by atoms with E-state index in [1.807, 2.05) is 35.2 Å². The van der Waals surface area contributed by atoms with Crippen LogP contribution in [0, 0.1) is 6.92 Å². The van der Waals surface area contributed by atoms with Gasteiger partial charge < -0.3 is 9.64 Å². The number of nitrogens with zero attached hydrogens (tertiary/aromatic N) is 1. The van der Waals surface area contributed by atoms with Crippen molar-refractivity contribution in [2.75, 3.05) is 18.1 Å². The average Bonchev–Trinajstić information content (AvgIpc) is 2.58. The molecule has 0 aliphatic carbocycles. The van der Waals surface area contributed by atoms with E-state index in [1.54, 1.807) is 0 Å².